The quantitative estimate of drug-likeness (QED) is 0.787. The Hall–Kier alpha value is -2.25. The lowest BCUT2D eigenvalue weighted by molar-refractivity contribution is 0.102. The molecule has 1 amide bonds. The number of benzene rings is 2. The Balaban J connectivity index is 1.51. The molecule has 2 aromatic carbocycles. The standard InChI is InChI=1S/C21H24ClN3O3S/c22-19-10-5-16(15-20(19)25-13-3-4-14-29(25,27)28)21(26)23-17-6-8-18(9-7-17)24-11-1-2-12-24/h5-10,15H,1-4,11-14H2,(H,23,26). The number of amides is 1. The molecule has 2 fully saturated rings. The van der Waals surface area contributed by atoms with E-state index in [0.29, 0.717) is 34.9 Å². The summed E-state index contributed by atoms with van der Waals surface area (Å²) in [4.78, 5) is 15.1. The Bertz CT molecular complexity index is 1000. The molecule has 2 aliphatic rings. The van der Waals surface area contributed by atoms with Crippen molar-refractivity contribution in [1.29, 1.82) is 0 Å². The summed E-state index contributed by atoms with van der Waals surface area (Å²) in [5.41, 5.74) is 2.59. The molecule has 6 nitrogen and oxygen atoms in total. The summed E-state index contributed by atoms with van der Waals surface area (Å²) < 4.78 is 26.1. The zero-order valence-electron chi connectivity index (χ0n) is 16.1. The number of nitrogens with zero attached hydrogens (tertiary/aromatic N) is 2. The summed E-state index contributed by atoms with van der Waals surface area (Å²) in [6.07, 6.45) is 3.84. The Labute approximate surface area is 176 Å². The minimum Gasteiger partial charge on any atom is -0.372 e. The van der Waals surface area contributed by atoms with Gasteiger partial charge in [0.05, 0.1) is 16.5 Å². The van der Waals surface area contributed by atoms with Gasteiger partial charge < -0.3 is 10.2 Å². The van der Waals surface area contributed by atoms with E-state index >= 15 is 0 Å². The highest BCUT2D eigenvalue weighted by Crippen LogP contribution is 2.32. The molecule has 2 aromatic rings. The fourth-order valence-electron chi connectivity index (χ4n) is 3.84. The first-order valence-corrected chi connectivity index (χ1v) is 11.9. The average molecular weight is 434 g/mol. The van der Waals surface area contributed by atoms with Crippen LogP contribution in [0.5, 0.6) is 0 Å². The highest BCUT2D eigenvalue weighted by Gasteiger charge is 2.28. The first-order valence-electron chi connectivity index (χ1n) is 9.90. The van der Waals surface area contributed by atoms with E-state index < -0.39 is 10.0 Å². The third kappa shape index (κ3) is 4.36. The molecule has 0 radical (unpaired) electrons. The molecule has 0 aliphatic carbocycles. The number of carbonyl (C=O) groups is 1. The van der Waals surface area contributed by atoms with Crippen molar-refractivity contribution in [3.63, 3.8) is 0 Å². The molecule has 8 heteroatoms. The van der Waals surface area contributed by atoms with E-state index in [1.165, 1.54) is 17.1 Å². The van der Waals surface area contributed by atoms with E-state index in [1.807, 2.05) is 24.3 Å². The highest BCUT2D eigenvalue weighted by atomic mass is 35.5. The number of sulfonamides is 1. The van der Waals surface area contributed by atoms with Crippen molar-refractivity contribution in [2.24, 2.45) is 0 Å². The molecule has 0 saturated carbocycles. The van der Waals surface area contributed by atoms with Crippen LogP contribution < -0.4 is 14.5 Å². The van der Waals surface area contributed by atoms with Gasteiger partial charge in [-0.25, -0.2) is 8.42 Å². The summed E-state index contributed by atoms with van der Waals surface area (Å²) in [6, 6.07) is 12.5. The predicted molar refractivity (Wildman–Crippen MR) is 118 cm³/mol. The second-order valence-electron chi connectivity index (χ2n) is 7.46. The lowest BCUT2D eigenvalue weighted by atomic mass is 10.1. The Morgan fingerprint density at radius 1 is 0.931 bits per heavy atom. The van der Waals surface area contributed by atoms with Gasteiger partial charge in [0.25, 0.3) is 5.91 Å². The number of anilines is 3. The summed E-state index contributed by atoms with van der Waals surface area (Å²) in [6.45, 7) is 2.52. The summed E-state index contributed by atoms with van der Waals surface area (Å²) >= 11 is 6.26. The van der Waals surface area contributed by atoms with Gasteiger partial charge in [-0.05, 0) is 68.1 Å². The molecular weight excluding hydrogens is 410 g/mol. The number of nitrogens with one attached hydrogen (secondary N) is 1. The van der Waals surface area contributed by atoms with Crippen LogP contribution in [0.1, 0.15) is 36.0 Å². The van der Waals surface area contributed by atoms with Crippen molar-refractivity contribution in [1.82, 2.24) is 0 Å². The van der Waals surface area contributed by atoms with Gasteiger partial charge in [0.1, 0.15) is 0 Å². The second-order valence-corrected chi connectivity index (χ2v) is 9.88. The van der Waals surface area contributed by atoms with E-state index in [4.69, 9.17) is 11.6 Å². The second kappa shape index (κ2) is 8.24. The lowest BCUT2D eigenvalue weighted by Crippen LogP contribution is -2.38. The molecule has 0 bridgehead atoms. The molecule has 0 aromatic heterocycles. The van der Waals surface area contributed by atoms with Crippen molar-refractivity contribution in [2.75, 3.05) is 39.9 Å². The maximum atomic E-state index is 12.7. The number of carbonyl (C=O) groups excluding carboxylic acids is 1. The molecule has 2 aliphatic heterocycles. The van der Waals surface area contributed by atoms with Crippen molar-refractivity contribution >= 4 is 44.6 Å². The smallest absolute Gasteiger partial charge is 0.255 e. The van der Waals surface area contributed by atoms with Crippen molar-refractivity contribution in [3.8, 4) is 0 Å². The van der Waals surface area contributed by atoms with Crippen molar-refractivity contribution in [2.45, 2.75) is 25.7 Å². The molecule has 0 unspecified atom stereocenters. The van der Waals surface area contributed by atoms with E-state index in [-0.39, 0.29) is 11.7 Å². The Morgan fingerprint density at radius 3 is 2.31 bits per heavy atom. The first kappa shape index (κ1) is 20.0. The molecule has 154 valence electrons. The molecule has 1 N–H and O–H groups in total. The van der Waals surface area contributed by atoms with Crippen molar-refractivity contribution in [3.05, 3.63) is 53.1 Å². The van der Waals surface area contributed by atoms with Crippen LogP contribution in [0, 0.1) is 0 Å². The van der Waals surface area contributed by atoms with Crippen molar-refractivity contribution < 1.29 is 13.2 Å². The van der Waals surface area contributed by atoms with E-state index in [0.717, 1.165) is 25.2 Å². The number of rotatable bonds is 4. The van der Waals surface area contributed by atoms with Gasteiger partial charge in [-0.15, -0.1) is 0 Å². The van der Waals surface area contributed by atoms with Crippen LogP contribution in [-0.2, 0) is 10.0 Å². The maximum Gasteiger partial charge on any atom is 0.255 e. The number of hydrogen-bond acceptors (Lipinski definition) is 4. The molecular formula is C21H24ClN3O3S. The van der Waals surface area contributed by atoms with Gasteiger partial charge in [-0.3, -0.25) is 9.10 Å². The van der Waals surface area contributed by atoms with Gasteiger partial charge in [0.2, 0.25) is 10.0 Å². The van der Waals surface area contributed by atoms with Crippen LogP contribution in [0.2, 0.25) is 5.02 Å². The topological polar surface area (TPSA) is 69.7 Å². The summed E-state index contributed by atoms with van der Waals surface area (Å²) in [5, 5.41) is 3.20. The predicted octanol–water partition coefficient (Wildman–Crippen LogP) is 4.12. The van der Waals surface area contributed by atoms with E-state index in [2.05, 4.69) is 10.2 Å². The summed E-state index contributed by atoms with van der Waals surface area (Å²) in [5.74, 6) is -0.199. The molecule has 2 saturated heterocycles. The largest absolute Gasteiger partial charge is 0.372 e. The first-order chi connectivity index (χ1) is 13.9. The van der Waals surface area contributed by atoms with Gasteiger partial charge in [-0.1, -0.05) is 11.6 Å². The van der Waals surface area contributed by atoms with Gasteiger partial charge in [0.15, 0.2) is 0 Å². The molecule has 0 atom stereocenters. The van der Waals surface area contributed by atoms with E-state index in [1.54, 1.807) is 18.2 Å². The van der Waals surface area contributed by atoms with Crippen LogP contribution in [0.15, 0.2) is 42.5 Å². The minimum absolute atomic E-state index is 0.100. The number of halogens is 1. The molecule has 2 heterocycles. The zero-order chi connectivity index (χ0) is 20.4. The summed E-state index contributed by atoms with van der Waals surface area (Å²) in [7, 11) is -3.40. The zero-order valence-corrected chi connectivity index (χ0v) is 17.7. The normalized spacial score (nSPS) is 18.7. The fraction of sp³-hybridized carbons (Fsp3) is 0.381. The monoisotopic (exact) mass is 433 g/mol. The van der Waals surface area contributed by atoms with Gasteiger partial charge >= 0.3 is 0 Å². The van der Waals surface area contributed by atoms with Crippen LogP contribution in [0.3, 0.4) is 0 Å². The van der Waals surface area contributed by atoms with Crippen LogP contribution in [-0.4, -0.2) is 39.7 Å². The fourth-order valence-corrected chi connectivity index (χ4v) is 5.76. The highest BCUT2D eigenvalue weighted by molar-refractivity contribution is 7.92. The minimum atomic E-state index is -3.40. The van der Waals surface area contributed by atoms with Crippen LogP contribution in [0.4, 0.5) is 17.1 Å². The molecule has 29 heavy (non-hydrogen) atoms. The number of hydrogen-bond donors (Lipinski definition) is 1. The Kier molecular flexibility index (Phi) is 5.69. The third-order valence-electron chi connectivity index (χ3n) is 5.42. The SMILES string of the molecule is O=C(Nc1ccc(N2CCCC2)cc1)c1ccc(Cl)c(N2CCCCS2(=O)=O)c1. The molecule has 4 rings (SSSR count). The van der Waals surface area contributed by atoms with Gasteiger partial charge in [0, 0.05) is 36.6 Å². The average Bonchev–Trinajstić information content (AvgIpc) is 3.24. The molecule has 0 spiro atoms. The van der Waals surface area contributed by atoms with Crippen LogP contribution >= 0.6 is 11.6 Å². The Morgan fingerprint density at radius 2 is 1.62 bits per heavy atom. The van der Waals surface area contributed by atoms with Crippen LogP contribution in [0.25, 0.3) is 0 Å². The van der Waals surface area contributed by atoms with E-state index in [9.17, 15) is 13.2 Å². The third-order valence-corrected chi connectivity index (χ3v) is 7.60. The lowest BCUT2D eigenvalue weighted by Gasteiger charge is -2.29. The van der Waals surface area contributed by atoms with Gasteiger partial charge in [-0.2, -0.15) is 0 Å². The maximum absolute atomic E-state index is 12.7.